The van der Waals surface area contributed by atoms with Gasteiger partial charge in [0.1, 0.15) is 5.75 Å². The number of hydrogen-bond donors (Lipinski definition) is 0. The second kappa shape index (κ2) is 7.17. The van der Waals surface area contributed by atoms with Crippen LogP contribution in [0, 0.1) is 6.92 Å². The molecule has 0 atom stereocenters. The standard InChI is InChI=1S/C19H21N3O2/c1-4-22(16-9-5-7-14(2)11-16)13-18-20-21-19(24-18)15-8-6-10-17(12-15)23-3/h5-12H,4,13H2,1-3H3. The van der Waals surface area contributed by atoms with Gasteiger partial charge in [0.15, 0.2) is 0 Å². The smallest absolute Gasteiger partial charge is 0.247 e. The van der Waals surface area contributed by atoms with Crippen molar-refractivity contribution in [2.45, 2.75) is 20.4 Å². The molecule has 0 saturated carbocycles. The number of methoxy groups -OCH3 is 1. The van der Waals surface area contributed by atoms with Crippen LogP contribution < -0.4 is 9.64 Å². The summed E-state index contributed by atoms with van der Waals surface area (Å²) in [5.74, 6) is 1.86. The Morgan fingerprint density at radius 1 is 1.08 bits per heavy atom. The van der Waals surface area contributed by atoms with Gasteiger partial charge in [-0.2, -0.15) is 0 Å². The summed E-state index contributed by atoms with van der Waals surface area (Å²) in [5.41, 5.74) is 3.24. The van der Waals surface area contributed by atoms with Gasteiger partial charge in [0, 0.05) is 17.8 Å². The van der Waals surface area contributed by atoms with Crippen molar-refractivity contribution in [3.8, 4) is 17.2 Å². The van der Waals surface area contributed by atoms with Crippen LogP contribution in [0.3, 0.4) is 0 Å². The predicted molar refractivity (Wildman–Crippen MR) is 94.2 cm³/mol. The van der Waals surface area contributed by atoms with Crippen LogP contribution in [0.15, 0.2) is 52.9 Å². The third-order valence-corrected chi connectivity index (χ3v) is 3.86. The highest BCUT2D eigenvalue weighted by Gasteiger charge is 2.13. The second-order valence-corrected chi connectivity index (χ2v) is 5.59. The first-order valence-electron chi connectivity index (χ1n) is 7.98. The highest BCUT2D eigenvalue weighted by Crippen LogP contribution is 2.24. The van der Waals surface area contributed by atoms with Gasteiger partial charge < -0.3 is 14.1 Å². The Balaban J connectivity index is 1.79. The van der Waals surface area contributed by atoms with Gasteiger partial charge in [-0.25, -0.2) is 0 Å². The minimum atomic E-state index is 0.504. The molecule has 1 heterocycles. The summed E-state index contributed by atoms with van der Waals surface area (Å²) in [4.78, 5) is 2.20. The van der Waals surface area contributed by atoms with E-state index in [1.807, 2.05) is 24.3 Å². The maximum Gasteiger partial charge on any atom is 0.247 e. The van der Waals surface area contributed by atoms with E-state index < -0.39 is 0 Å². The molecule has 3 rings (SSSR count). The Bertz CT molecular complexity index is 814. The number of aryl methyl sites for hydroxylation is 1. The molecule has 1 aromatic heterocycles. The second-order valence-electron chi connectivity index (χ2n) is 5.59. The first-order chi connectivity index (χ1) is 11.7. The van der Waals surface area contributed by atoms with E-state index in [1.54, 1.807) is 7.11 Å². The monoisotopic (exact) mass is 323 g/mol. The molecule has 0 amide bonds. The minimum Gasteiger partial charge on any atom is -0.497 e. The number of anilines is 1. The summed E-state index contributed by atoms with van der Waals surface area (Å²) in [6.45, 7) is 5.64. The first-order valence-corrected chi connectivity index (χ1v) is 7.98. The van der Waals surface area contributed by atoms with Crippen LogP contribution in [0.2, 0.25) is 0 Å². The van der Waals surface area contributed by atoms with Crippen LogP contribution in [0.25, 0.3) is 11.5 Å². The van der Waals surface area contributed by atoms with E-state index in [2.05, 4.69) is 53.2 Å². The maximum atomic E-state index is 5.83. The van der Waals surface area contributed by atoms with Crippen molar-refractivity contribution in [2.24, 2.45) is 0 Å². The molecule has 5 heteroatoms. The molecule has 0 radical (unpaired) electrons. The van der Waals surface area contributed by atoms with Crippen molar-refractivity contribution < 1.29 is 9.15 Å². The molecule has 0 aliphatic rings. The van der Waals surface area contributed by atoms with E-state index in [0.717, 1.165) is 23.5 Å². The van der Waals surface area contributed by atoms with Crippen molar-refractivity contribution in [1.82, 2.24) is 10.2 Å². The predicted octanol–water partition coefficient (Wildman–Crippen LogP) is 4.08. The Kier molecular flexibility index (Phi) is 4.79. The lowest BCUT2D eigenvalue weighted by atomic mass is 10.2. The highest BCUT2D eigenvalue weighted by atomic mass is 16.5. The summed E-state index contributed by atoms with van der Waals surface area (Å²) in [5, 5.41) is 8.35. The Hall–Kier alpha value is -2.82. The molecule has 24 heavy (non-hydrogen) atoms. The summed E-state index contributed by atoms with van der Waals surface area (Å²) in [6.07, 6.45) is 0. The average Bonchev–Trinajstić information content (AvgIpc) is 3.08. The molecular weight excluding hydrogens is 302 g/mol. The zero-order valence-corrected chi connectivity index (χ0v) is 14.2. The molecule has 0 fully saturated rings. The summed E-state index contributed by atoms with van der Waals surface area (Å²) < 4.78 is 11.1. The molecular formula is C19H21N3O2. The molecule has 0 aliphatic carbocycles. The van der Waals surface area contributed by atoms with Gasteiger partial charge in [-0.15, -0.1) is 10.2 Å². The van der Waals surface area contributed by atoms with E-state index in [1.165, 1.54) is 5.56 Å². The van der Waals surface area contributed by atoms with E-state index in [0.29, 0.717) is 18.3 Å². The zero-order chi connectivity index (χ0) is 16.9. The van der Waals surface area contributed by atoms with Gasteiger partial charge in [0.2, 0.25) is 11.8 Å². The van der Waals surface area contributed by atoms with Crippen LogP contribution in [0.5, 0.6) is 5.75 Å². The lowest BCUT2D eigenvalue weighted by molar-refractivity contribution is 0.414. The average molecular weight is 323 g/mol. The summed E-state index contributed by atoms with van der Waals surface area (Å²) in [6, 6.07) is 16.0. The summed E-state index contributed by atoms with van der Waals surface area (Å²) in [7, 11) is 1.64. The Morgan fingerprint density at radius 3 is 2.67 bits per heavy atom. The molecule has 124 valence electrons. The number of nitrogens with zero attached hydrogens (tertiary/aromatic N) is 3. The lowest BCUT2D eigenvalue weighted by Gasteiger charge is -2.21. The van der Waals surface area contributed by atoms with Crippen LogP contribution in [-0.2, 0) is 6.54 Å². The van der Waals surface area contributed by atoms with Crippen LogP contribution in [-0.4, -0.2) is 23.9 Å². The van der Waals surface area contributed by atoms with E-state index in [4.69, 9.17) is 9.15 Å². The molecule has 0 spiro atoms. The molecule has 0 unspecified atom stereocenters. The number of ether oxygens (including phenoxy) is 1. The molecule has 0 bridgehead atoms. The third-order valence-electron chi connectivity index (χ3n) is 3.86. The number of aromatic nitrogens is 2. The highest BCUT2D eigenvalue weighted by molar-refractivity contribution is 5.55. The molecule has 0 aliphatic heterocycles. The molecule has 0 saturated heterocycles. The summed E-state index contributed by atoms with van der Waals surface area (Å²) >= 11 is 0. The first kappa shape index (κ1) is 16.1. The van der Waals surface area contributed by atoms with Gasteiger partial charge in [-0.1, -0.05) is 18.2 Å². The van der Waals surface area contributed by atoms with Crippen LogP contribution >= 0.6 is 0 Å². The quantitative estimate of drug-likeness (QED) is 0.684. The largest absolute Gasteiger partial charge is 0.497 e. The fraction of sp³-hybridized carbons (Fsp3) is 0.263. The van der Waals surface area contributed by atoms with Gasteiger partial charge in [-0.3, -0.25) is 0 Å². The molecule has 0 N–H and O–H groups in total. The fourth-order valence-corrected chi connectivity index (χ4v) is 2.56. The van der Waals surface area contributed by atoms with Gasteiger partial charge in [-0.05, 0) is 49.7 Å². The van der Waals surface area contributed by atoms with E-state index in [9.17, 15) is 0 Å². The van der Waals surface area contributed by atoms with Crippen molar-refractivity contribution in [2.75, 3.05) is 18.6 Å². The Morgan fingerprint density at radius 2 is 1.92 bits per heavy atom. The van der Waals surface area contributed by atoms with Crippen LogP contribution in [0.4, 0.5) is 5.69 Å². The molecule has 3 aromatic rings. The number of benzene rings is 2. The lowest BCUT2D eigenvalue weighted by Crippen LogP contribution is -2.22. The van der Waals surface area contributed by atoms with Gasteiger partial charge in [0.05, 0.1) is 13.7 Å². The van der Waals surface area contributed by atoms with Crippen LogP contribution in [0.1, 0.15) is 18.4 Å². The zero-order valence-electron chi connectivity index (χ0n) is 14.2. The SMILES string of the molecule is CCN(Cc1nnc(-c2cccc(OC)c2)o1)c1cccc(C)c1. The number of hydrogen-bond acceptors (Lipinski definition) is 5. The normalized spacial score (nSPS) is 10.6. The Labute approximate surface area is 141 Å². The maximum absolute atomic E-state index is 5.83. The number of rotatable bonds is 6. The third kappa shape index (κ3) is 3.56. The van der Waals surface area contributed by atoms with Crippen molar-refractivity contribution in [1.29, 1.82) is 0 Å². The van der Waals surface area contributed by atoms with Crippen molar-refractivity contribution in [3.63, 3.8) is 0 Å². The van der Waals surface area contributed by atoms with E-state index in [-0.39, 0.29) is 0 Å². The van der Waals surface area contributed by atoms with Gasteiger partial charge in [0.25, 0.3) is 0 Å². The van der Waals surface area contributed by atoms with Gasteiger partial charge >= 0.3 is 0 Å². The molecule has 5 nitrogen and oxygen atoms in total. The van der Waals surface area contributed by atoms with Crippen molar-refractivity contribution >= 4 is 5.69 Å². The van der Waals surface area contributed by atoms with Crippen molar-refractivity contribution in [3.05, 3.63) is 60.0 Å². The minimum absolute atomic E-state index is 0.504. The fourth-order valence-electron chi connectivity index (χ4n) is 2.56. The topological polar surface area (TPSA) is 51.4 Å². The molecule has 2 aromatic carbocycles. The van der Waals surface area contributed by atoms with E-state index >= 15 is 0 Å².